The van der Waals surface area contributed by atoms with Gasteiger partial charge < -0.3 is 20.6 Å². The zero-order valence-electron chi connectivity index (χ0n) is 15.1. The van der Waals surface area contributed by atoms with Gasteiger partial charge in [0.2, 0.25) is 0 Å². The number of nitrogens with one attached hydrogen (secondary N) is 2. The van der Waals surface area contributed by atoms with Gasteiger partial charge in [0.05, 0.1) is 6.10 Å². The summed E-state index contributed by atoms with van der Waals surface area (Å²) in [6.45, 7) is 8.32. The van der Waals surface area contributed by atoms with E-state index in [1.165, 1.54) is 5.69 Å². The van der Waals surface area contributed by atoms with Crippen molar-refractivity contribution < 1.29 is 9.90 Å². The van der Waals surface area contributed by atoms with Gasteiger partial charge in [-0.15, -0.1) is 0 Å². The number of benzene rings is 1. The first-order valence-electron chi connectivity index (χ1n) is 8.88. The molecular weight excluding hydrogens is 302 g/mol. The SMILES string of the molecule is C[C@H](O)CC(C)(C)CNC(=O)N[C@@H]1CCCN(c2ccccc2)C1. The number of carbonyl (C=O) groups excluding carboxylic acids is 1. The highest BCUT2D eigenvalue weighted by atomic mass is 16.3. The summed E-state index contributed by atoms with van der Waals surface area (Å²) < 4.78 is 0. The predicted molar refractivity (Wildman–Crippen MR) is 98.3 cm³/mol. The van der Waals surface area contributed by atoms with Crippen LogP contribution in [0.4, 0.5) is 10.5 Å². The molecule has 0 saturated carbocycles. The Morgan fingerprint density at radius 2 is 2.08 bits per heavy atom. The normalized spacial score (nSPS) is 19.7. The molecule has 0 bridgehead atoms. The number of hydrogen-bond acceptors (Lipinski definition) is 3. The summed E-state index contributed by atoms with van der Waals surface area (Å²) in [6.07, 6.45) is 2.39. The molecular formula is C19H31N3O2. The Hall–Kier alpha value is -1.75. The van der Waals surface area contributed by atoms with Crippen molar-refractivity contribution in [2.24, 2.45) is 5.41 Å². The van der Waals surface area contributed by atoms with Crippen molar-refractivity contribution in [2.75, 3.05) is 24.5 Å². The number of hydrogen-bond donors (Lipinski definition) is 3. The summed E-state index contributed by atoms with van der Waals surface area (Å²) in [5.41, 5.74) is 1.09. The van der Waals surface area contributed by atoms with Crippen LogP contribution in [0.15, 0.2) is 30.3 Å². The van der Waals surface area contributed by atoms with Crippen molar-refractivity contribution in [2.45, 2.75) is 52.2 Å². The molecule has 0 radical (unpaired) electrons. The van der Waals surface area contributed by atoms with Gasteiger partial charge in [0.1, 0.15) is 0 Å². The van der Waals surface area contributed by atoms with Gasteiger partial charge in [-0.05, 0) is 43.7 Å². The lowest BCUT2D eigenvalue weighted by Gasteiger charge is -2.35. The number of rotatable bonds is 6. The van der Waals surface area contributed by atoms with Gasteiger partial charge in [-0.1, -0.05) is 32.0 Å². The third-order valence-corrected chi connectivity index (χ3v) is 4.45. The third kappa shape index (κ3) is 6.04. The summed E-state index contributed by atoms with van der Waals surface area (Å²) in [6, 6.07) is 10.4. The summed E-state index contributed by atoms with van der Waals surface area (Å²) >= 11 is 0. The lowest BCUT2D eigenvalue weighted by Crippen LogP contribution is -2.51. The summed E-state index contributed by atoms with van der Waals surface area (Å²) in [5, 5.41) is 15.6. The Morgan fingerprint density at radius 3 is 2.75 bits per heavy atom. The van der Waals surface area contributed by atoms with E-state index < -0.39 is 0 Å². The highest BCUT2D eigenvalue weighted by Crippen LogP contribution is 2.21. The van der Waals surface area contributed by atoms with Crippen LogP contribution in [0.3, 0.4) is 0 Å². The molecule has 2 amide bonds. The first kappa shape index (κ1) is 18.6. The van der Waals surface area contributed by atoms with E-state index in [-0.39, 0.29) is 23.6 Å². The minimum absolute atomic E-state index is 0.117. The quantitative estimate of drug-likeness (QED) is 0.750. The lowest BCUT2D eigenvalue weighted by molar-refractivity contribution is 0.128. The molecule has 0 spiro atoms. The van der Waals surface area contributed by atoms with Gasteiger partial charge in [-0.25, -0.2) is 4.79 Å². The first-order chi connectivity index (χ1) is 11.4. The topological polar surface area (TPSA) is 64.6 Å². The maximum atomic E-state index is 12.2. The number of nitrogens with zero attached hydrogens (tertiary/aromatic N) is 1. The molecule has 0 aliphatic carbocycles. The Morgan fingerprint density at radius 1 is 1.38 bits per heavy atom. The van der Waals surface area contributed by atoms with Gasteiger partial charge in [-0.3, -0.25) is 0 Å². The standard InChI is InChI=1S/C19H31N3O2/c1-15(23)12-19(2,3)14-20-18(24)21-16-8-7-11-22(13-16)17-9-5-4-6-10-17/h4-6,9-10,15-16,23H,7-8,11-14H2,1-3H3,(H2,20,21,24)/t15-,16+/m0/s1. The van der Waals surface area contributed by atoms with E-state index in [2.05, 4.69) is 41.5 Å². The molecule has 2 rings (SSSR count). The molecule has 3 N–H and O–H groups in total. The molecule has 0 unspecified atom stereocenters. The number of piperidine rings is 1. The number of anilines is 1. The van der Waals surface area contributed by atoms with Crippen molar-refractivity contribution in [1.82, 2.24) is 10.6 Å². The van der Waals surface area contributed by atoms with Crippen molar-refractivity contribution >= 4 is 11.7 Å². The molecule has 24 heavy (non-hydrogen) atoms. The summed E-state index contributed by atoms with van der Waals surface area (Å²) in [4.78, 5) is 14.5. The second-order valence-corrected chi connectivity index (χ2v) is 7.67. The number of aliphatic hydroxyl groups excluding tert-OH is 1. The minimum atomic E-state index is -0.359. The van der Waals surface area contributed by atoms with E-state index in [1.54, 1.807) is 6.92 Å². The minimum Gasteiger partial charge on any atom is -0.393 e. The number of para-hydroxylation sites is 1. The Labute approximate surface area is 145 Å². The molecule has 1 aromatic carbocycles. The summed E-state index contributed by atoms with van der Waals surface area (Å²) in [7, 11) is 0. The number of urea groups is 1. The Kier molecular flexibility index (Phi) is 6.49. The van der Waals surface area contributed by atoms with Crippen LogP contribution in [-0.4, -0.2) is 42.9 Å². The fraction of sp³-hybridized carbons (Fsp3) is 0.632. The van der Waals surface area contributed by atoms with E-state index in [9.17, 15) is 9.90 Å². The molecule has 1 aliphatic rings. The van der Waals surface area contributed by atoms with Crippen LogP contribution in [-0.2, 0) is 0 Å². The second kappa shape index (κ2) is 8.38. The van der Waals surface area contributed by atoms with Gasteiger partial charge >= 0.3 is 6.03 Å². The van der Waals surface area contributed by atoms with Gasteiger partial charge in [0.15, 0.2) is 0 Å². The maximum Gasteiger partial charge on any atom is 0.315 e. The zero-order chi connectivity index (χ0) is 17.6. The van der Waals surface area contributed by atoms with Crippen LogP contribution in [0.25, 0.3) is 0 Å². The number of carbonyl (C=O) groups is 1. The zero-order valence-corrected chi connectivity index (χ0v) is 15.1. The van der Waals surface area contributed by atoms with Gasteiger partial charge in [0.25, 0.3) is 0 Å². The van der Waals surface area contributed by atoms with Crippen molar-refractivity contribution in [1.29, 1.82) is 0 Å². The Bertz CT molecular complexity index is 517. The molecule has 5 nitrogen and oxygen atoms in total. The van der Waals surface area contributed by atoms with Crippen molar-refractivity contribution in [3.63, 3.8) is 0 Å². The third-order valence-electron chi connectivity index (χ3n) is 4.45. The largest absolute Gasteiger partial charge is 0.393 e. The smallest absolute Gasteiger partial charge is 0.315 e. The van der Waals surface area contributed by atoms with Crippen LogP contribution in [0.1, 0.15) is 40.0 Å². The lowest BCUT2D eigenvalue weighted by atomic mass is 9.87. The van der Waals surface area contributed by atoms with Gasteiger partial charge in [0, 0.05) is 31.4 Å². The van der Waals surface area contributed by atoms with E-state index in [0.29, 0.717) is 13.0 Å². The highest BCUT2D eigenvalue weighted by molar-refractivity contribution is 5.74. The summed E-state index contributed by atoms with van der Waals surface area (Å²) in [5.74, 6) is 0. The van der Waals surface area contributed by atoms with Crippen LogP contribution >= 0.6 is 0 Å². The van der Waals surface area contributed by atoms with E-state index in [1.807, 2.05) is 18.2 Å². The highest BCUT2D eigenvalue weighted by Gasteiger charge is 2.24. The fourth-order valence-corrected chi connectivity index (χ4v) is 3.40. The molecule has 0 aromatic heterocycles. The molecule has 1 saturated heterocycles. The predicted octanol–water partition coefficient (Wildman–Crippen LogP) is 2.75. The number of amides is 2. The Balaban J connectivity index is 1.79. The maximum absolute atomic E-state index is 12.2. The van der Waals surface area contributed by atoms with E-state index >= 15 is 0 Å². The van der Waals surface area contributed by atoms with Crippen molar-refractivity contribution in [3.8, 4) is 0 Å². The second-order valence-electron chi connectivity index (χ2n) is 7.67. The van der Waals surface area contributed by atoms with Crippen molar-refractivity contribution in [3.05, 3.63) is 30.3 Å². The molecule has 1 aliphatic heterocycles. The van der Waals surface area contributed by atoms with Crippen LogP contribution < -0.4 is 15.5 Å². The number of aliphatic hydroxyl groups is 1. The van der Waals surface area contributed by atoms with E-state index in [4.69, 9.17) is 0 Å². The molecule has 1 aromatic rings. The van der Waals surface area contributed by atoms with Crippen LogP contribution in [0, 0.1) is 5.41 Å². The fourth-order valence-electron chi connectivity index (χ4n) is 3.40. The van der Waals surface area contributed by atoms with E-state index in [0.717, 1.165) is 25.9 Å². The van der Waals surface area contributed by atoms with Crippen LogP contribution in [0.2, 0.25) is 0 Å². The van der Waals surface area contributed by atoms with Crippen LogP contribution in [0.5, 0.6) is 0 Å². The van der Waals surface area contributed by atoms with Gasteiger partial charge in [-0.2, -0.15) is 0 Å². The first-order valence-corrected chi connectivity index (χ1v) is 8.88. The molecule has 1 fully saturated rings. The monoisotopic (exact) mass is 333 g/mol. The molecule has 5 heteroatoms. The average Bonchev–Trinajstić information content (AvgIpc) is 2.53. The molecule has 2 atom stereocenters. The molecule has 134 valence electrons. The average molecular weight is 333 g/mol. The molecule has 1 heterocycles.